The van der Waals surface area contributed by atoms with E-state index in [2.05, 4.69) is 172 Å². The van der Waals surface area contributed by atoms with E-state index in [0.717, 1.165) is 18.5 Å². The summed E-state index contributed by atoms with van der Waals surface area (Å²) in [5, 5.41) is 2.40. The molecule has 0 N–H and O–H groups in total. The molecule has 0 saturated carbocycles. The summed E-state index contributed by atoms with van der Waals surface area (Å²) in [5.41, 5.74) is 15.9. The van der Waals surface area contributed by atoms with E-state index in [1.807, 2.05) is 18.6 Å². The zero-order valence-corrected chi connectivity index (χ0v) is 28.4. The number of allylic oxidation sites excluding steroid dienone is 4. The standard InChI is InChI=1S/C47H36N4/c1-31-7-9-35(10-8-31)37-16-22-45-41(28-37)43-30-49-26-24-47(43)51(45)39-19-13-34(14-20-39)33-11-17-38(18-12-33)50-44-21-15-36(32-5-3-2-4-6-32)27-40(44)42-29-48-25-23-46(42)50/h2-7,9-22,24-31,46H,8,23H2,1H3. The molecule has 5 aromatic carbocycles. The topological polar surface area (TPSA) is 33.4 Å². The molecule has 4 heteroatoms. The van der Waals surface area contributed by atoms with Crippen LogP contribution in [0.4, 0.5) is 11.4 Å². The summed E-state index contributed by atoms with van der Waals surface area (Å²) in [5.74, 6) is 0.596. The number of hydrogen-bond donors (Lipinski definition) is 0. The van der Waals surface area contributed by atoms with Gasteiger partial charge in [-0.3, -0.25) is 9.98 Å². The summed E-state index contributed by atoms with van der Waals surface area (Å²) in [6, 6.07) is 44.7. The number of rotatable bonds is 5. The number of aromatic nitrogens is 2. The summed E-state index contributed by atoms with van der Waals surface area (Å²) in [4.78, 5) is 11.6. The Morgan fingerprint density at radius 1 is 0.647 bits per heavy atom. The molecule has 7 aromatic rings. The van der Waals surface area contributed by atoms with Crippen molar-refractivity contribution in [1.82, 2.24) is 9.55 Å². The molecule has 4 heterocycles. The molecule has 0 bridgehead atoms. The van der Waals surface area contributed by atoms with Crippen LogP contribution in [0.2, 0.25) is 0 Å². The molecule has 4 nitrogen and oxygen atoms in total. The molecular formula is C47H36N4. The number of aliphatic imine (C=N–C) groups is 1. The van der Waals surface area contributed by atoms with Crippen LogP contribution in [0.1, 0.15) is 30.9 Å². The Bertz CT molecular complexity index is 2580. The maximum atomic E-state index is 4.56. The number of hydrogen-bond acceptors (Lipinski definition) is 3. The average Bonchev–Trinajstić information content (AvgIpc) is 3.71. The highest BCUT2D eigenvalue weighted by molar-refractivity contribution is 6.10. The number of pyridine rings is 1. The normalized spacial score (nSPS) is 17.8. The summed E-state index contributed by atoms with van der Waals surface area (Å²) in [6.07, 6.45) is 16.9. The lowest BCUT2D eigenvalue weighted by molar-refractivity contribution is 0.739. The quantitative estimate of drug-likeness (QED) is 0.185. The van der Waals surface area contributed by atoms with Gasteiger partial charge in [-0.1, -0.05) is 91.9 Å². The minimum absolute atomic E-state index is 0.241. The maximum Gasteiger partial charge on any atom is 0.0662 e. The number of anilines is 2. The molecule has 244 valence electrons. The molecular weight excluding hydrogens is 621 g/mol. The fourth-order valence-electron chi connectivity index (χ4n) is 8.16. The molecule has 0 saturated heterocycles. The van der Waals surface area contributed by atoms with Gasteiger partial charge in [0, 0.05) is 70.2 Å². The Morgan fingerprint density at radius 2 is 1.37 bits per heavy atom. The van der Waals surface area contributed by atoms with Gasteiger partial charge in [0.05, 0.1) is 17.1 Å². The lowest BCUT2D eigenvalue weighted by atomic mass is 9.93. The van der Waals surface area contributed by atoms with Crippen molar-refractivity contribution < 1.29 is 0 Å². The summed E-state index contributed by atoms with van der Waals surface area (Å²) in [6.45, 7) is 2.26. The van der Waals surface area contributed by atoms with E-state index in [1.54, 1.807) is 0 Å². The second-order valence-corrected chi connectivity index (χ2v) is 13.9. The molecule has 2 aromatic heterocycles. The maximum absolute atomic E-state index is 4.56. The molecule has 3 aliphatic rings. The highest BCUT2D eigenvalue weighted by Crippen LogP contribution is 2.48. The molecule has 0 fully saturated rings. The Kier molecular flexibility index (Phi) is 6.95. The van der Waals surface area contributed by atoms with Gasteiger partial charge < -0.3 is 9.47 Å². The third-order valence-electron chi connectivity index (χ3n) is 10.8. The highest BCUT2D eigenvalue weighted by atomic mass is 15.2. The van der Waals surface area contributed by atoms with Crippen LogP contribution in [-0.2, 0) is 0 Å². The van der Waals surface area contributed by atoms with E-state index < -0.39 is 0 Å². The molecule has 0 radical (unpaired) electrons. The number of fused-ring (bicyclic) bond motifs is 6. The fraction of sp³-hybridized carbons (Fsp3) is 0.106. The first-order valence-corrected chi connectivity index (χ1v) is 17.9. The van der Waals surface area contributed by atoms with Crippen molar-refractivity contribution >= 4 is 50.5 Å². The van der Waals surface area contributed by atoms with Crippen LogP contribution in [0.25, 0.3) is 60.9 Å². The third kappa shape index (κ3) is 4.98. The average molecular weight is 657 g/mol. The Balaban J connectivity index is 0.966. The van der Waals surface area contributed by atoms with Crippen molar-refractivity contribution in [3.05, 3.63) is 169 Å². The van der Waals surface area contributed by atoms with Gasteiger partial charge in [0.25, 0.3) is 0 Å². The zero-order valence-electron chi connectivity index (χ0n) is 28.4. The van der Waals surface area contributed by atoms with Crippen molar-refractivity contribution in [1.29, 1.82) is 0 Å². The SMILES string of the molecule is CC1C=CC(c2ccc3c(c2)c2cnccc2n3-c2ccc(-c3ccc(N4c5ccc(-c6ccccc6)cc5C5=CN=CCC54)cc3)cc2)=CC1. The summed E-state index contributed by atoms with van der Waals surface area (Å²) >= 11 is 0. The first-order valence-electron chi connectivity index (χ1n) is 17.9. The minimum atomic E-state index is 0.241. The fourth-order valence-corrected chi connectivity index (χ4v) is 8.16. The van der Waals surface area contributed by atoms with E-state index >= 15 is 0 Å². The van der Waals surface area contributed by atoms with Crippen LogP contribution in [-0.4, -0.2) is 21.8 Å². The van der Waals surface area contributed by atoms with Crippen LogP contribution >= 0.6 is 0 Å². The monoisotopic (exact) mass is 656 g/mol. The summed E-state index contributed by atoms with van der Waals surface area (Å²) in [7, 11) is 0. The van der Waals surface area contributed by atoms with E-state index in [4.69, 9.17) is 0 Å². The Morgan fingerprint density at radius 3 is 2.16 bits per heavy atom. The van der Waals surface area contributed by atoms with Gasteiger partial charge in [0.15, 0.2) is 0 Å². The second kappa shape index (κ2) is 12.0. The van der Waals surface area contributed by atoms with Crippen LogP contribution in [0, 0.1) is 5.92 Å². The van der Waals surface area contributed by atoms with Crippen molar-refractivity contribution in [2.75, 3.05) is 4.90 Å². The van der Waals surface area contributed by atoms with Crippen LogP contribution in [0.15, 0.2) is 163 Å². The predicted octanol–water partition coefficient (Wildman–Crippen LogP) is 11.8. The van der Waals surface area contributed by atoms with Gasteiger partial charge in [-0.25, -0.2) is 0 Å². The smallest absolute Gasteiger partial charge is 0.0662 e. The van der Waals surface area contributed by atoms with Gasteiger partial charge in [-0.2, -0.15) is 0 Å². The largest absolute Gasteiger partial charge is 0.333 e. The van der Waals surface area contributed by atoms with Crippen molar-refractivity contribution in [3.8, 4) is 27.9 Å². The highest BCUT2D eigenvalue weighted by Gasteiger charge is 2.35. The number of nitrogens with zero attached hydrogens (tertiary/aromatic N) is 4. The molecule has 51 heavy (non-hydrogen) atoms. The van der Waals surface area contributed by atoms with Gasteiger partial charge in [-0.05, 0) is 100 Å². The molecule has 0 amide bonds. The second-order valence-electron chi connectivity index (χ2n) is 13.9. The zero-order chi connectivity index (χ0) is 33.9. The van der Waals surface area contributed by atoms with Crippen molar-refractivity contribution in [2.24, 2.45) is 10.9 Å². The van der Waals surface area contributed by atoms with Gasteiger partial charge >= 0.3 is 0 Å². The lowest BCUT2D eigenvalue weighted by Crippen LogP contribution is -2.28. The Hall–Kier alpha value is -6.26. The lowest BCUT2D eigenvalue weighted by Gasteiger charge is -2.28. The van der Waals surface area contributed by atoms with Crippen LogP contribution in [0.3, 0.4) is 0 Å². The van der Waals surface area contributed by atoms with Gasteiger partial charge in [0.1, 0.15) is 0 Å². The van der Waals surface area contributed by atoms with Gasteiger partial charge in [-0.15, -0.1) is 0 Å². The summed E-state index contributed by atoms with van der Waals surface area (Å²) < 4.78 is 2.36. The first-order chi connectivity index (χ1) is 25.2. The molecule has 2 unspecified atom stereocenters. The third-order valence-corrected chi connectivity index (χ3v) is 10.8. The molecule has 1 aliphatic carbocycles. The molecule has 10 rings (SSSR count). The minimum Gasteiger partial charge on any atom is -0.333 e. The number of benzene rings is 5. The van der Waals surface area contributed by atoms with Crippen molar-refractivity contribution in [3.63, 3.8) is 0 Å². The Labute approximate surface area is 298 Å². The van der Waals surface area contributed by atoms with Gasteiger partial charge in [0.2, 0.25) is 0 Å². The van der Waals surface area contributed by atoms with Crippen LogP contribution in [0.5, 0.6) is 0 Å². The first kappa shape index (κ1) is 29.6. The molecule has 0 spiro atoms. The van der Waals surface area contributed by atoms with E-state index in [0.29, 0.717) is 5.92 Å². The molecule has 2 atom stereocenters. The predicted molar refractivity (Wildman–Crippen MR) is 214 cm³/mol. The molecule has 2 aliphatic heterocycles. The van der Waals surface area contributed by atoms with Crippen molar-refractivity contribution in [2.45, 2.75) is 25.8 Å². The van der Waals surface area contributed by atoms with Crippen LogP contribution < -0.4 is 4.90 Å². The van der Waals surface area contributed by atoms with E-state index in [9.17, 15) is 0 Å². The van der Waals surface area contributed by atoms with E-state index in [1.165, 1.54) is 77.7 Å². The van der Waals surface area contributed by atoms with E-state index in [-0.39, 0.29) is 6.04 Å².